The van der Waals surface area contributed by atoms with E-state index in [0.717, 1.165) is 5.56 Å². The normalized spacial score (nSPS) is 10.1. The van der Waals surface area contributed by atoms with E-state index in [4.69, 9.17) is 0 Å². The van der Waals surface area contributed by atoms with Gasteiger partial charge in [-0.1, -0.05) is 28.1 Å². The number of rotatable bonds is 4. The molecule has 2 aromatic carbocycles. The summed E-state index contributed by atoms with van der Waals surface area (Å²) in [7, 11) is 1.55. The lowest BCUT2D eigenvalue weighted by molar-refractivity contribution is 0.0948. The summed E-state index contributed by atoms with van der Waals surface area (Å²) in [5, 5.41) is 5.23. The second-order valence-electron chi connectivity index (χ2n) is 4.62. The lowest BCUT2D eigenvalue weighted by Crippen LogP contribution is -2.23. The summed E-state index contributed by atoms with van der Waals surface area (Å²) < 4.78 is 13.8. The Morgan fingerprint density at radius 2 is 1.86 bits per heavy atom. The molecule has 0 bridgehead atoms. The standard InChI is InChI=1S/C16H14BrFN2O2/c1-19-15(21)11-4-2-3-10(5-11)9-20-16(22)12-6-13(17)8-14(18)7-12/h2-8H,9H2,1H3,(H,19,21)(H,20,22). The molecule has 0 aliphatic carbocycles. The van der Waals surface area contributed by atoms with Crippen LogP contribution >= 0.6 is 15.9 Å². The molecule has 4 nitrogen and oxygen atoms in total. The highest BCUT2D eigenvalue weighted by molar-refractivity contribution is 9.10. The van der Waals surface area contributed by atoms with Crippen LogP contribution in [0.4, 0.5) is 4.39 Å². The van der Waals surface area contributed by atoms with Gasteiger partial charge in [0.05, 0.1) is 0 Å². The number of halogens is 2. The fraction of sp³-hybridized carbons (Fsp3) is 0.125. The van der Waals surface area contributed by atoms with Gasteiger partial charge in [0.25, 0.3) is 11.8 Å². The molecule has 22 heavy (non-hydrogen) atoms. The lowest BCUT2D eigenvalue weighted by atomic mass is 10.1. The van der Waals surface area contributed by atoms with Gasteiger partial charge in [-0.05, 0) is 35.9 Å². The number of hydrogen-bond donors (Lipinski definition) is 2. The SMILES string of the molecule is CNC(=O)c1cccc(CNC(=O)c2cc(F)cc(Br)c2)c1. The Kier molecular flexibility index (Phi) is 5.27. The summed E-state index contributed by atoms with van der Waals surface area (Å²) in [5.41, 5.74) is 1.53. The lowest BCUT2D eigenvalue weighted by Gasteiger charge is -2.07. The Bertz CT molecular complexity index is 699. The Balaban J connectivity index is 2.06. The second-order valence-corrected chi connectivity index (χ2v) is 5.54. The molecule has 0 radical (unpaired) electrons. The van der Waals surface area contributed by atoms with Crippen LogP contribution in [0.1, 0.15) is 26.3 Å². The van der Waals surface area contributed by atoms with Crippen LogP contribution in [-0.2, 0) is 6.54 Å². The van der Waals surface area contributed by atoms with Gasteiger partial charge in [0.2, 0.25) is 0 Å². The number of amides is 2. The summed E-state index contributed by atoms with van der Waals surface area (Å²) in [4.78, 5) is 23.6. The third-order valence-electron chi connectivity index (χ3n) is 2.99. The van der Waals surface area contributed by atoms with E-state index in [-0.39, 0.29) is 23.9 Å². The van der Waals surface area contributed by atoms with Crippen molar-refractivity contribution in [3.63, 3.8) is 0 Å². The molecule has 0 unspecified atom stereocenters. The van der Waals surface area contributed by atoms with Gasteiger partial charge in [-0.3, -0.25) is 9.59 Å². The Hall–Kier alpha value is -2.21. The molecule has 0 atom stereocenters. The molecule has 2 N–H and O–H groups in total. The largest absolute Gasteiger partial charge is 0.355 e. The van der Waals surface area contributed by atoms with Crippen LogP contribution < -0.4 is 10.6 Å². The van der Waals surface area contributed by atoms with Crippen molar-refractivity contribution in [1.29, 1.82) is 0 Å². The molecule has 0 aromatic heterocycles. The zero-order valence-corrected chi connectivity index (χ0v) is 13.4. The molecule has 2 amide bonds. The van der Waals surface area contributed by atoms with Crippen molar-refractivity contribution in [2.24, 2.45) is 0 Å². The Morgan fingerprint density at radius 1 is 1.09 bits per heavy atom. The van der Waals surface area contributed by atoms with Crippen molar-refractivity contribution < 1.29 is 14.0 Å². The highest BCUT2D eigenvalue weighted by atomic mass is 79.9. The molecule has 0 fully saturated rings. The predicted octanol–water partition coefficient (Wildman–Crippen LogP) is 2.88. The minimum Gasteiger partial charge on any atom is -0.355 e. The zero-order valence-electron chi connectivity index (χ0n) is 11.8. The Labute approximate surface area is 135 Å². The first-order valence-corrected chi connectivity index (χ1v) is 7.34. The van der Waals surface area contributed by atoms with Crippen LogP contribution in [0.25, 0.3) is 0 Å². The van der Waals surface area contributed by atoms with E-state index < -0.39 is 5.82 Å². The monoisotopic (exact) mass is 364 g/mol. The molecule has 6 heteroatoms. The summed E-state index contributed by atoms with van der Waals surface area (Å²) in [6.45, 7) is 0.248. The maximum Gasteiger partial charge on any atom is 0.251 e. The molecule has 0 heterocycles. The van der Waals surface area contributed by atoms with Gasteiger partial charge in [-0.25, -0.2) is 4.39 Å². The fourth-order valence-electron chi connectivity index (χ4n) is 1.94. The number of carbonyl (C=O) groups excluding carboxylic acids is 2. The van der Waals surface area contributed by atoms with E-state index in [0.29, 0.717) is 10.0 Å². The van der Waals surface area contributed by atoms with Crippen LogP contribution in [0.3, 0.4) is 0 Å². The fourth-order valence-corrected chi connectivity index (χ4v) is 2.40. The van der Waals surface area contributed by atoms with E-state index in [9.17, 15) is 14.0 Å². The second kappa shape index (κ2) is 7.17. The van der Waals surface area contributed by atoms with E-state index in [1.165, 1.54) is 12.1 Å². The number of benzene rings is 2. The summed E-state index contributed by atoms with van der Waals surface area (Å²) in [5.74, 6) is -1.06. The van der Waals surface area contributed by atoms with Crippen LogP contribution in [0.15, 0.2) is 46.9 Å². The molecule has 114 valence electrons. The van der Waals surface area contributed by atoms with E-state index >= 15 is 0 Å². The van der Waals surface area contributed by atoms with Gasteiger partial charge in [0.1, 0.15) is 5.82 Å². The van der Waals surface area contributed by atoms with Crippen molar-refractivity contribution >= 4 is 27.7 Å². The van der Waals surface area contributed by atoms with Gasteiger partial charge < -0.3 is 10.6 Å². The average Bonchev–Trinajstić information content (AvgIpc) is 2.51. The molecule has 0 spiro atoms. The maximum absolute atomic E-state index is 13.3. The van der Waals surface area contributed by atoms with Gasteiger partial charge in [0.15, 0.2) is 0 Å². The van der Waals surface area contributed by atoms with Crippen LogP contribution in [0.5, 0.6) is 0 Å². The molecular weight excluding hydrogens is 351 g/mol. The van der Waals surface area contributed by atoms with E-state index in [1.54, 1.807) is 37.4 Å². The minimum absolute atomic E-state index is 0.192. The van der Waals surface area contributed by atoms with Crippen molar-refractivity contribution in [2.75, 3.05) is 7.05 Å². The van der Waals surface area contributed by atoms with Crippen LogP contribution in [-0.4, -0.2) is 18.9 Å². The number of nitrogens with one attached hydrogen (secondary N) is 2. The highest BCUT2D eigenvalue weighted by Gasteiger charge is 2.09. The molecular formula is C16H14BrFN2O2. The quantitative estimate of drug-likeness (QED) is 0.876. The van der Waals surface area contributed by atoms with Gasteiger partial charge in [-0.2, -0.15) is 0 Å². The summed E-state index contributed by atoms with van der Waals surface area (Å²) in [6.07, 6.45) is 0. The molecule has 0 saturated carbocycles. The van der Waals surface area contributed by atoms with Crippen LogP contribution in [0.2, 0.25) is 0 Å². The summed E-state index contributed by atoms with van der Waals surface area (Å²) in [6, 6.07) is 10.9. The smallest absolute Gasteiger partial charge is 0.251 e. The van der Waals surface area contributed by atoms with Crippen molar-refractivity contribution in [3.8, 4) is 0 Å². The van der Waals surface area contributed by atoms with E-state index in [1.807, 2.05) is 0 Å². The van der Waals surface area contributed by atoms with Crippen molar-refractivity contribution in [3.05, 3.63) is 69.4 Å². The zero-order chi connectivity index (χ0) is 16.1. The highest BCUT2D eigenvalue weighted by Crippen LogP contribution is 2.15. The molecule has 0 saturated heterocycles. The molecule has 0 aliphatic heterocycles. The molecule has 0 aliphatic rings. The van der Waals surface area contributed by atoms with Crippen LogP contribution in [0, 0.1) is 5.82 Å². The van der Waals surface area contributed by atoms with Gasteiger partial charge in [0, 0.05) is 29.2 Å². The number of hydrogen-bond acceptors (Lipinski definition) is 2. The predicted molar refractivity (Wildman–Crippen MR) is 85.1 cm³/mol. The third kappa shape index (κ3) is 4.14. The third-order valence-corrected chi connectivity index (χ3v) is 3.45. The summed E-state index contributed by atoms with van der Waals surface area (Å²) >= 11 is 3.15. The van der Waals surface area contributed by atoms with Crippen molar-refractivity contribution in [1.82, 2.24) is 10.6 Å². The maximum atomic E-state index is 13.3. The molecule has 2 rings (SSSR count). The Morgan fingerprint density at radius 3 is 2.55 bits per heavy atom. The average molecular weight is 365 g/mol. The topological polar surface area (TPSA) is 58.2 Å². The first-order chi connectivity index (χ1) is 10.5. The minimum atomic E-state index is -0.485. The first-order valence-electron chi connectivity index (χ1n) is 6.55. The van der Waals surface area contributed by atoms with Gasteiger partial charge in [-0.15, -0.1) is 0 Å². The number of carbonyl (C=O) groups is 2. The van der Waals surface area contributed by atoms with Crippen molar-refractivity contribution in [2.45, 2.75) is 6.54 Å². The first kappa shape index (κ1) is 16.2. The van der Waals surface area contributed by atoms with E-state index in [2.05, 4.69) is 26.6 Å². The van der Waals surface area contributed by atoms with Gasteiger partial charge >= 0.3 is 0 Å². The molecule has 2 aromatic rings.